The van der Waals surface area contributed by atoms with Crippen molar-refractivity contribution in [3.8, 4) is 0 Å². The maximum Gasteiger partial charge on any atom is 0.357 e. The largest absolute Gasteiger partial charge is 0.455 e. The van der Waals surface area contributed by atoms with Gasteiger partial charge in [-0.05, 0) is 26.3 Å². The summed E-state index contributed by atoms with van der Waals surface area (Å²) in [6.07, 6.45) is -0.784. The van der Waals surface area contributed by atoms with Crippen LogP contribution >= 0.6 is 7.60 Å². The fourth-order valence-electron chi connectivity index (χ4n) is 1.60. The second kappa shape index (κ2) is 5.66. The molecule has 0 aliphatic rings. The molecule has 1 atom stereocenters. The molecule has 0 heterocycles. The average Bonchev–Trinajstić information content (AvgIpc) is 2.27. The molecule has 0 saturated heterocycles. The van der Waals surface area contributed by atoms with Crippen molar-refractivity contribution in [1.29, 1.82) is 0 Å². The highest BCUT2D eigenvalue weighted by Crippen LogP contribution is 2.50. The van der Waals surface area contributed by atoms with Gasteiger partial charge in [0.2, 0.25) is 0 Å². The minimum Gasteiger partial charge on any atom is -0.455 e. The Labute approximate surface area is 117 Å². The lowest BCUT2D eigenvalue weighted by molar-refractivity contribution is -0.160. The Morgan fingerprint density at radius 1 is 1.20 bits per heavy atom. The molecule has 112 valence electrons. The number of hydrogen-bond acceptors (Lipinski definition) is 4. The number of esters is 1. The molecule has 0 aromatic heterocycles. The van der Waals surface area contributed by atoms with Crippen LogP contribution in [0.5, 0.6) is 0 Å². The van der Waals surface area contributed by atoms with Gasteiger partial charge in [0.15, 0.2) is 5.34 Å². The van der Waals surface area contributed by atoms with E-state index in [4.69, 9.17) is 14.5 Å². The smallest absolute Gasteiger partial charge is 0.357 e. The van der Waals surface area contributed by atoms with Crippen molar-refractivity contribution in [1.82, 2.24) is 0 Å². The van der Waals surface area contributed by atoms with Crippen LogP contribution in [0.25, 0.3) is 0 Å². The molecule has 6 nitrogen and oxygen atoms in total. The molecule has 1 rings (SSSR count). The average molecular weight is 302 g/mol. The Morgan fingerprint density at radius 2 is 1.70 bits per heavy atom. The van der Waals surface area contributed by atoms with E-state index < -0.39 is 30.9 Å². The van der Waals surface area contributed by atoms with Crippen LogP contribution in [-0.4, -0.2) is 26.2 Å². The number of rotatable bonds is 5. The zero-order valence-corrected chi connectivity index (χ0v) is 12.5. The van der Waals surface area contributed by atoms with Crippen LogP contribution in [0.4, 0.5) is 0 Å². The first-order chi connectivity index (χ1) is 8.96. The predicted molar refractivity (Wildman–Crippen MR) is 72.8 cm³/mol. The van der Waals surface area contributed by atoms with E-state index in [0.29, 0.717) is 0 Å². The second-order valence-electron chi connectivity index (χ2n) is 5.29. The summed E-state index contributed by atoms with van der Waals surface area (Å²) in [5.74, 6) is -0.882. The molecule has 1 aromatic rings. The van der Waals surface area contributed by atoms with Crippen molar-refractivity contribution >= 4 is 13.6 Å². The molecule has 0 saturated carbocycles. The zero-order chi connectivity index (χ0) is 15.6. The number of carbonyl (C=O) groups is 1. The molecule has 1 aromatic carbocycles. The molecule has 0 spiro atoms. The second-order valence-corrected chi connectivity index (χ2v) is 7.34. The Balaban J connectivity index is 2.79. The summed E-state index contributed by atoms with van der Waals surface area (Å²) < 4.78 is 16.3. The number of ether oxygens (including phenoxy) is 1. The van der Waals surface area contributed by atoms with Gasteiger partial charge in [-0.3, -0.25) is 9.36 Å². The molecule has 20 heavy (non-hydrogen) atoms. The van der Waals surface area contributed by atoms with Crippen LogP contribution in [0, 0.1) is 0 Å². The summed E-state index contributed by atoms with van der Waals surface area (Å²) in [6, 6.07) is 8.94. The van der Waals surface area contributed by atoms with Crippen LogP contribution in [0.15, 0.2) is 30.3 Å². The van der Waals surface area contributed by atoms with Gasteiger partial charge >= 0.3 is 13.6 Å². The van der Waals surface area contributed by atoms with Crippen LogP contribution in [0.3, 0.4) is 0 Å². The van der Waals surface area contributed by atoms with Crippen molar-refractivity contribution in [2.24, 2.45) is 0 Å². The Morgan fingerprint density at radius 3 is 2.15 bits per heavy atom. The topological polar surface area (TPSA) is 104 Å². The van der Waals surface area contributed by atoms with Crippen molar-refractivity contribution in [2.75, 3.05) is 0 Å². The quantitative estimate of drug-likeness (QED) is 0.565. The summed E-state index contributed by atoms with van der Waals surface area (Å²) in [6.45, 7) is 4.23. The summed E-state index contributed by atoms with van der Waals surface area (Å²) in [7, 11) is -4.81. The van der Waals surface area contributed by atoms with Crippen LogP contribution in [0.2, 0.25) is 0 Å². The summed E-state index contributed by atoms with van der Waals surface area (Å²) in [4.78, 5) is 29.7. The Bertz CT molecular complexity index is 517. The number of carbonyl (C=O) groups excluding carboxylic acids is 1. The lowest BCUT2D eigenvalue weighted by atomic mass is 9.98. The normalized spacial score (nSPS) is 15.5. The van der Waals surface area contributed by atoms with E-state index in [1.54, 1.807) is 38.1 Å². The lowest BCUT2D eigenvalue weighted by Gasteiger charge is -2.28. The SMILES string of the molecule is CC(C)(OC(=O)CC(C)(O)P(=O)(O)O)c1ccccc1. The van der Waals surface area contributed by atoms with Gasteiger partial charge in [0.05, 0.1) is 6.42 Å². The van der Waals surface area contributed by atoms with E-state index in [-0.39, 0.29) is 0 Å². The molecule has 0 bridgehead atoms. The minimum atomic E-state index is -4.81. The first-order valence-electron chi connectivity index (χ1n) is 6.01. The fraction of sp³-hybridized carbons (Fsp3) is 0.462. The van der Waals surface area contributed by atoms with Gasteiger partial charge in [-0.1, -0.05) is 30.3 Å². The molecule has 0 aliphatic heterocycles. The van der Waals surface area contributed by atoms with Crippen LogP contribution in [-0.2, 0) is 19.7 Å². The third kappa shape index (κ3) is 4.15. The monoisotopic (exact) mass is 302 g/mol. The highest BCUT2D eigenvalue weighted by Gasteiger charge is 2.43. The third-order valence-corrected chi connectivity index (χ3v) is 4.36. The van der Waals surface area contributed by atoms with Gasteiger partial charge in [0.25, 0.3) is 0 Å². The van der Waals surface area contributed by atoms with Gasteiger partial charge < -0.3 is 19.6 Å². The molecule has 0 radical (unpaired) electrons. The van der Waals surface area contributed by atoms with Gasteiger partial charge in [0, 0.05) is 0 Å². The van der Waals surface area contributed by atoms with Crippen molar-refractivity contribution in [3.63, 3.8) is 0 Å². The maximum atomic E-state index is 11.8. The van der Waals surface area contributed by atoms with Crippen LogP contribution < -0.4 is 0 Å². The van der Waals surface area contributed by atoms with Crippen molar-refractivity contribution in [3.05, 3.63) is 35.9 Å². The van der Waals surface area contributed by atoms with E-state index in [1.807, 2.05) is 6.07 Å². The summed E-state index contributed by atoms with van der Waals surface area (Å²) >= 11 is 0. The van der Waals surface area contributed by atoms with E-state index >= 15 is 0 Å². The van der Waals surface area contributed by atoms with Crippen molar-refractivity contribution < 1.29 is 29.0 Å². The number of hydrogen-bond donors (Lipinski definition) is 3. The molecule has 0 aliphatic carbocycles. The summed E-state index contributed by atoms with van der Waals surface area (Å²) in [5, 5.41) is 7.19. The maximum absolute atomic E-state index is 11.8. The van der Waals surface area contributed by atoms with E-state index in [1.165, 1.54) is 0 Å². The Hall–Kier alpha value is -1.20. The molecular weight excluding hydrogens is 283 g/mol. The summed E-state index contributed by atoms with van der Waals surface area (Å²) in [5.41, 5.74) is -0.215. The van der Waals surface area contributed by atoms with Crippen molar-refractivity contribution in [2.45, 2.75) is 38.1 Å². The van der Waals surface area contributed by atoms with E-state index in [0.717, 1.165) is 12.5 Å². The minimum absolute atomic E-state index is 0.740. The first-order valence-corrected chi connectivity index (χ1v) is 7.62. The first kappa shape index (κ1) is 16.9. The van der Waals surface area contributed by atoms with E-state index in [2.05, 4.69) is 0 Å². The van der Waals surface area contributed by atoms with Gasteiger partial charge in [-0.2, -0.15) is 0 Å². The number of benzene rings is 1. The molecule has 0 fully saturated rings. The van der Waals surface area contributed by atoms with Gasteiger partial charge in [-0.25, -0.2) is 0 Å². The molecular formula is C13H19O6P. The molecule has 7 heteroatoms. The number of aliphatic hydroxyl groups is 1. The van der Waals surface area contributed by atoms with E-state index in [9.17, 15) is 14.5 Å². The highest BCUT2D eigenvalue weighted by atomic mass is 31.2. The van der Waals surface area contributed by atoms with Gasteiger partial charge in [0.1, 0.15) is 5.60 Å². The zero-order valence-electron chi connectivity index (χ0n) is 11.6. The molecule has 1 unspecified atom stereocenters. The third-order valence-electron chi connectivity index (χ3n) is 2.94. The predicted octanol–water partition coefficient (Wildman–Crippen LogP) is 1.74. The van der Waals surface area contributed by atoms with Gasteiger partial charge in [-0.15, -0.1) is 0 Å². The van der Waals surface area contributed by atoms with Crippen LogP contribution in [0.1, 0.15) is 32.8 Å². The molecule has 0 amide bonds. The molecule has 3 N–H and O–H groups in total. The highest BCUT2D eigenvalue weighted by molar-refractivity contribution is 7.53. The standard InChI is InChI=1S/C13H19O6P/c1-12(2,10-7-5-4-6-8-10)19-11(14)9-13(3,15)20(16,17)18/h4-8,15H,9H2,1-3H3,(H2,16,17,18). The lowest BCUT2D eigenvalue weighted by Crippen LogP contribution is -2.33. The Kier molecular flexibility index (Phi) is 4.77. The fourth-order valence-corrected chi connectivity index (χ4v) is 1.93.